The Bertz CT molecular complexity index is 1340. The number of rotatable bonds is 4. The van der Waals surface area contributed by atoms with Crippen LogP contribution < -0.4 is 0 Å². The Hall–Kier alpha value is -2.91. The Balaban J connectivity index is 1.70. The maximum Gasteiger partial charge on any atom is 0.244 e. The van der Waals surface area contributed by atoms with E-state index in [0.717, 1.165) is 10.5 Å². The first-order valence-electron chi connectivity index (χ1n) is 11.9. The fraction of sp³-hybridized carbons (Fsp3) is 0.423. The predicted molar refractivity (Wildman–Crippen MR) is 133 cm³/mol. The van der Waals surface area contributed by atoms with E-state index >= 15 is 0 Å². The molecule has 3 heterocycles. The Kier molecular flexibility index (Phi) is 6.32. The molecule has 2 fully saturated rings. The number of phenolic OH excluding ortho intramolecular Hbond substituents is 1. The molecule has 0 saturated carbocycles. The number of carbonyl (C=O) groups is 3. The number of nitrogens with zero attached hydrogens (tertiary/aromatic N) is 2. The van der Waals surface area contributed by atoms with E-state index in [4.69, 9.17) is 11.6 Å². The van der Waals surface area contributed by atoms with Gasteiger partial charge in [0.2, 0.25) is 17.7 Å². The van der Waals surface area contributed by atoms with Crippen molar-refractivity contribution in [2.24, 2.45) is 5.92 Å². The van der Waals surface area contributed by atoms with Crippen LogP contribution in [0.2, 0.25) is 0 Å². The molecule has 3 aliphatic rings. The number of sulfone groups is 1. The minimum absolute atomic E-state index is 0.0484. The van der Waals surface area contributed by atoms with Crippen LogP contribution >= 0.6 is 11.6 Å². The molecule has 0 bridgehead atoms. The van der Waals surface area contributed by atoms with Gasteiger partial charge in [0.05, 0.1) is 29.5 Å². The molecule has 5 rings (SSSR count). The van der Waals surface area contributed by atoms with Gasteiger partial charge >= 0.3 is 0 Å². The van der Waals surface area contributed by atoms with Crippen LogP contribution in [0.15, 0.2) is 42.5 Å². The molecule has 1 N–H and O–H groups in total. The zero-order chi connectivity index (χ0) is 25.8. The van der Waals surface area contributed by atoms with Gasteiger partial charge in [0.25, 0.3) is 0 Å². The van der Waals surface area contributed by atoms with Gasteiger partial charge < -0.3 is 10.0 Å². The molecule has 0 aromatic heterocycles. The number of aromatic hydroxyl groups is 1. The summed E-state index contributed by atoms with van der Waals surface area (Å²) in [5.41, 5.74) is 2.87. The molecule has 0 spiro atoms. The van der Waals surface area contributed by atoms with Gasteiger partial charge in [-0.1, -0.05) is 35.9 Å². The lowest BCUT2D eigenvalue weighted by atomic mass is 9.75. The monoisotopic (exact) mass is 530 g/mol. The second-order valence-corrected chi connectivity index (χ2v) is 12.3. The number of fused-ring (bicyclic) bond motifs is 1. The van der Waals surface area contributed by atoms with Crippen molar-refractivity contribution in [3.63, 3.8) is 0 Å². The molecule has 3 amide bonds. The number of amides is 3. The van der Waals surface area contributed by atoms with Gasteiger partial charge in [-0.3, -0.25) is 19.3 Å². The molecule has 3 aliphatic heterocycles. The number of halogens is 1. The fourth-order valence-corrected chi connectivity index (χ4v) is 8.22. The van der Waals surface area contributed by atoms with Crippen molar-refractivity contribution in [1.29, 1.82) is 0 Å². The van der Waals surface area contributed by atoms with E-state index in [1.54, 1.807) is 17.0 Å². The van der Waals surface area contributed by atoms with Crippen molar-refractivity contribution in [1.82, 2.24) is 9.80 Å². The first-order valence-corrected chi connectivity index (χ1v) is 14.3. The number of hydrogen-bond acceptors (Lipinski definition) is 6. The average molecular weight is 531 g/mol. The molecule has 190 valence electrons. The summed E-state index contributed by atoms with van der Waals surface area (Å²) < 4.78 is 25.8. The fourth-order valence-electron chi connectivity index (χ4n) is 6.01. The van der Waals surface area contributed by atoms with Gasteiger partial charge in [-0.15, -0.1) is 11.6 Å². The number of benzene rings is 2. The number of alkyl halides is 1. The lowest BCUT2D eigenvalue weighted by Crippen LogP contribution is -2.53. The summed E-state index contributed by atoms with van der Waals surface area (Å²) in [7, 11) is -3.51. The summed E-state index contributed by atoms with van der Waals surface area (Å²) >= 11 is 5.97. The molecule has 4 atom stereocenters. The van der Waals surface area contributed by atoms with Crippen LogP contribution in [-0.4, -0.2) is 71.0 Å². The van der Waals surface area contributed by atoms with E-state index in [9.17, 15) is 27.9 Å². The van der Waals surface area contributed by atoms with Gasteiger partial charge in [0, 0.05) is 18.9 Å². The Morgan fingerprint density at radius 3 is 2.44 bits per heavy atom. The van der Waals surface area contributed by atoms with Crippen LogP contribution in [0.3, 0.4) is 0 Å². The van der Waals surface area contributed by atoms with Crippen LogP contribution in [0.5, 0.6) is 5.75 Å². The lowest BCUT2D eigenvalue weighted by molar-refractivity contribution is -0.149. The highest BCUT2D eigenvalue weighted by Crippen LogP contribution is 2.48. The molecule has 4 unspecified atom stereocenters. The summed E-state index contributed by atoms with van der Waals surface area (Å²) in [6, 6.07) is 10.3. The van der Waals surface area contributed by atoms with Crippen LogP contribution in [0.25, 0.3) is 0 Å². The van der Waals surface area contributed by atoms with E-state index in [1.165, 1.54) is 12.1 Å². The summed E-state index contributed by atoms with van der Waals surface area (Å²) in [5.74, 6) is -3.54. The van der Waals surface area contributed by atoms with Gasteiger partial charge in [0.1, 0.15) is 11.6 Å². The average Bonchev–Trinajstić information content (AvgIpc) is 3.40. The highest BCUT2D eigenvalue weighted by Gasteiger charge is 2.54. The van der Waals surface area contributed by atoms with E-state index < -0.39 is 51.5 Å². The maximum absolute atomic E-state index is 14.1. The lowest BCUT2D eigenvalue weighted by Gasteiger charge is -2.44. The SMILES string of the molecule is Cc1ccc2c(c1)C(c1ccc(O)cc1)C(=O)N(C(=O)CCl)C2C1CS(=O)(=O)CC1N1CCCC1=O. The van der Waals surface area contributed by atoms with Gasteiger partial charge in [-0.25, -0.2) is 8.42 Å². The van der Waals surface area contributed by atoms with Crippen molar-refractivity contribution >= 4 is 39.2 Å². The first kappa shape index (κ1) is 24.8. The van der Waals surface area contributed by atoms with E-state index in [2.05, 4.69) is 0 Å². The van der Waals surface area contributed by atoms with E-state index in [1.807, 2.05) is 25.1 Å². The molecular formula is C26H27ClN2O6S. The third kappa shape index (κ3) is 4.18. The van der Waals surface area contributed by atoms with Crippen LogP contribution in [0.1, 0.15) is 47.1 Å². The molecular weight excluding hydrogens is 504 g/mol. The Morgan fingerprint density at radius 2 is 1.81 bits per heavy atom. The van der Waals surface area contributed by atoms with Crippen molar-refractivity contribution < 1.29 is 27.9 Å². The Morgan fingerprint density at radius 1 is 1.08 bits per heavy atom. The molecule has 10 heteroatoms. The molecule has 2 aromatic carbocycles. The predicted octanol–water partition coefficient (Wildman–Crippen LogP) is 2.52. The number of hydrogen-bond donors (Lipinski definition) is 1. The van der Waals surface area contributed by atoms with Crippen LogP contribution in [0, 0.1) is 12.8 Å². The number of likely N-dealkylation sites (tertiary alicyclic amines) is 1. The molecule has 2 aromatic rings. The highest BCUT2D eigenvalue weighted by atomic mass is 35.5. The third-order valence-corrected chi connectivity index (χ3v) is 9.50. The van der Waals surface area contributed by atoms with Crippen molar-refractivity contribution in [3.05, 3.63) is 64.7 Å². The largest absolute Gasteiger partial charge is 0.508 e. The first-order chi connectivity index (χ1) is 17.1. The van der Waals surface area contributed by atoms with Gasteiger partial charge in [0.15, 0.2) is 9.84 Å². The molecule has 36 heavy (non-hydrogen) atoms. The zero-order valence-corrected chi connectivity index (χ0v) is 21.3. The zero-order valence-electron chi connectivity index (χ0n) is 19.8. The molecule has 0 aliphatic carbocycles. The van der Waals surface area contributed by atoms with Gasteiger partial charge in [-0.05, 0) is 42.2 Å². The minimum Gasteiger partial charge on any atom is -0.508 e. The maximum atomic E-state index is 14.1. The number of imide groups is 1. The topological polar surface area (TPSA) is 112 Å². The smallest absolute Gasteiger partial charge is 0.244 e. The van der Waals surface area contributed by atoms with E-state index in [0.29, 0.717) is 36.1 Å². The quantitative estimate of drug-likeness (QED) is 0.608. The van der Waals surface area contributed by atoms with Gasteiger partial charge in [-0.2, -0.15) is 0 Å². The molecule has 2 saturated heterocycles. The van der Waals surface area contributed by atoms with Crippen molar-refractivity contribution in [2.75, 3.05) is 23.9 Å². The van der Waals surface area contributed by atoms with Crippen molar-refractivity contribution in [3.8, 4) is 5.75 Å². The second-order valence-electron chi connectivity index (χ2n) is 9.84. The number of phenols is 1. The van der Waals surface area contributed by atoms with Crippen LogP contribution in [0.4, 0.5) is 0 Å². The van der Waals surface area contributed by atoms with E-state index in [-0.39, 0.29) is 23.2 Å². The Labute approximate surface area is 214 Å². The summed E-state index contributed by atoms with van der Waals surface area (Å²) in [5, 5.41) is 9.77. The number of carbonyl (C=O) groups excluding carboxylic acids is 3. The highest BCUT2D eigenvalue weighted by molar-refractivity contribution is 7.91. The second kappa shape index (κ2) is 9.19. The summed E-state index contributed by atoms with van der Waals surface area (Å²) in [4.78, 5) is 42.6. The summed E-state index contributed by atoms with van der Waals surface area (Å²) in [6.07, 6.45) is 1.00. The molecule has 0 radical (unpaired) electrons. The normalized spacial score (nSPS) is 27.4. The van der Waals surface area contributed by atoms with Crippen molar-refractivity contribution in [2.45, 2.75) is 37.8 Å². The standard InChI is InChI=1S/C26H27ClN2O6S/c1-15-4-9-18-19(11-15)24(16-5-7-17(30)8-6-16)26(33)29(23(32)12-27)25(18)20-13-36(34,35)14-21(20)28-10-2-3-22(28)31/h4-9,11,20-21,24-25,30H,2-3,10,12-14H2,1H3. The molecule has 8 nitrogen and oxygen atoms in total. The van der Waals surface area contributed by atoms with Crippen LogP contribution in [-0.2, 0) is 24.2 Å². The number of aryl methyl sites for hydroxylation is 1. The third-order valence-electron chi connectivity index (χ3n) is 7.53. The summed E-state index contributed by atoms with van der Waals surface area (Å²) in [6.45, 7) is 2.35. The minimum atomic E-state index is -3.51.